The molecule has 1 unspecified atom stereocenters. The van der Waals surface area contributed by atoms with Crippen molar-refractivity contribution in [1.82, 2.24) is 10.3 Å². The van der Waals surface area contributed by atoms with E-state index in [1.807, 2.05) is 25.1 Å². The van der Waals surface area contributed by atoms with Crippen LogP contribution in [0.5, 0.6) is 0 Å². The molecule has 3 N–H and O–H groups in total. The molecular weight excluding hydrogens is 338 g/mol. The molecule has 0 aliphatic carbocycles. The van der Waals surface area contributed by atoms with Crippen LogP contribution in [0.4, 0.5) is 0 Å². The van der Waals surface area contributed by atoms with Gasteiger partial charge in [-0.15, -0.1) is 0 Å². The lowest BCUT2D eigenvalue weighted by molar-refractivity contribution is -0.123. The molecular formula is C19H26ClN3O2. The molecule has 0 radical (unpaired) electrons. The number of hydrogen-bond donors (Lipinski definition) is 2. The fraction of sp³-hybridized carbons (Fsp3) is 0.474. The summed E-state index contributed by atoms with van der Waals surface area (Å²) in [5.74, 6) is 1.53. The number of halogens is 1. The van der Waals surface area contributed by atoms with Crippen LogP contribution in [0.2, 0.25) is 5.02 Å². The van der Waals surface area contributed by atoms with E-state index in [2.05, 4.69) is 24.1 Å². The lowest BCUT2D eigenvalue weighted by Crippen LogP contribution is -2.52. The minimum absolute atomic E-state index is 0.0499. The van der Waals surface area contributed by atoms with Crippen molar-refractivity contribution in [2.24, 2.45) is 11.7 Å². The minimum atomic E-state index is -0.384. The Morgan fingerprint density at radius 1 is 1.40 bits per heavy atom. The van der Waals surface area contributed by atoms with E-state index in [1.54, 1.807) is 12.3 Å². The molecule has 1 aromatic carbocycles. The SMILES string of the molecule is CC(C)CC(C)(CN)NC(=O)CCc1ncc(-c2ccccc2Cl)o1. The molecule has 0 saturated carbocycles. The predicted octanol–water partition coefficient (Wildman–Crippen LogP) is 3.81. The second-order valence-corrected chi connectivity index (χ2v) is 7.42. The number of carbonyl (C=O) groups excluding carboxylic acids is 1. The van der Waals surface area contributed by atoms with E-state index in [9.17, 15) is 4.79 Å². The number of rotatable bonds is 8. The largest absolute Gasteiger partial charge is 0.441 e. The van der Waals surface area contributed by atoms with E-state index >= 15 is 0 Å². The zero-order chi connectivity index (χ0) is 18.4. The Morgan fingerprint density at radius 2 is 2.12 bits per heavy atom. The molecule has 6 heteroatoms. The van der Waals surface area contributed by atoms with Crippen molar-refractivity contribution in [3.8, 4) is 11.3 Å². The first-order valence-corrected chi connectivity index (χ1v) is 8.91. The van der Waals surface area contributed by atoms with Crippen LogP contribution < -0.4 is 11.1 Å². The van der Waals surface area contributed by atoms with E-state index in [4.69, 9.17) is 21.8 Å². The van der Waals surface area contributed by atoms with Crippen molar-refractivity contribution in [1.29, 1.82) is 0 Å². The Hall–Kier alpha value is -1.85. The molecule has 0 aliphatic rings. The number of carbonyl (C=O) groups is 1. The molecule has 1 aromatic heterocycles. The summed E-state index contributed by atoms with van der Waals surface area (Å²) < 4.78 is 5.72. The van der Waals surface area contributed by atoms with Crippen molar-refractivity contribution in [2.45, 2.75) is 45.6 Å². The fourth-order valence-electron chi connectivity index (χ4n) is 2.92. The maximum Gasteiger partial charge on any atom is 0.220 e. The third-order valence-corrected chi connectivity index (χ3v) is 4.34. The number of aryl methyl sites for hydroxylation is 1. The van der Waals surface area contributed by atoms with Crippen molar-refractivity contribution < 1.29 is 9.21 Å². The second kappa shape index (κ2) is 8.50. The summed E-state index contributed by atoms with van der Waals surface area (Å²) >= 11 is 6.16. The quantitative estimate of drug-likeness (QED) is 0.747. The van der Waals surface area contributed by atoms with Gasteiger partial charge in [0.2, 0.25) is 5.91 Å². The molecule has 0 fully saturated rings. The number of aromatic nitrogens is 1. The molecule has 1 heterocycles. The van der Waals surface area contributed by atoms with Gasteiger partial charge in [-0.1, -0.05) is 37.6 Å². The lowest BCUT2D eigenvalue weighted by Gasteiger charge is -2.31. The highest BCUT2D eigenvalue weighted by molar-refractivity contribution is 6.33. The molecule has 136 valence electrons. The van der Waals surface area contributed by atoms with Crippen LogP contribution in [0, 0.1) is 5.92 Å². The number of amides is 1. The Kier molecular flexibility index (Phi) is 6.62. The normalized spacial score (nSPS) is 13.7. The molecule has 25 heavy (non-hydrogen) atoms. The number of hydrogen-bond acceptors (Lipinski definition) is 4. The average molecular weight is 364 g/mol. The van der Waals surface area contributed by atoms with E-state index < -0.39 is 0 Å². The number of benzene rings is 1. The lowest BCUT2D eigenvalue weighted by atomic mass is 9.90. The van der Waals surface area contributed by atoms with Gasteiger partial charge in [-0.3, -0.25) is 4.79 Å². The summed E-state index contributed by atoms with van der Waals surface area (Å²) in [6.45, 7) is 6.62. The number of nitrogens with zero attached hydrogens (tertiary/aromatic N) is 1. The zero-order valence-corrected chi connectivity index (χ0v) is 15.8. The van der Waals surface area contributed by atoms with Crippen LogP contribution in [0.1, 0.15) is 39.5 Å². The van der Waals surface area contributed by atoms with Crippen LogP contribution in [-0.4, -0.2) is 23.0 Å². The smallest absolute Gasteiger partial charge is 0.220 e. The van der Waals surface area contributed by atoms with E-state index in [0.29, 0.717) is 42.0 Å². The van der Waals surface area contributed by atoms with Crippen LogP contribution in [0.3, 0.4) is 0 Å². The molecule has 0 spiro atoms. The Bertz CT molecular complexity index is 714. The first-order valence-electron chi connectivity index (χ1n) is 8.53. The van der Waals surface area contributed by atoms with Gasteiger partial charge in [-0.2, -0.15) is 0 Å². The summed E-state index contributed by atoms with van der Waals surface area (Å²) in [5.41, 5.74) is 6.24. The first kappa shape index (κ1) is 19.5. The van der Waals surface area contributed by atoms with Gasteiger partial charge in [-0.25, -0.2) is 4.98 Å². The van der Waals surface area contributed by atoms with Crippen molar-refractivity contribution in [2.75, 3.05) is 6.54 Å². The highest BCUT2D eigenvalue weighted by Gasteiger charge is 2.25. The monoisotopic (exact) mass is 363 g/mol. The zero-order valence-electron chi connectivity index (χ0n) is 15.0. The molecule has 0 aliphatic heterocycles. The summed E-state index contributed by atoms with van der Waals surface area (Å²) in [7, 11) is 0. The second-order valence-electron chi connectivity index (χ2n) is 7.01. The molecule has 2 rings (SSSR count). The van der Waals surface area contributed by atoms with Gasteiger partial charge < -0.3 is 15.5 Å². The summed E-state index contributed by atoms with van der Waals surface area (Å²) in [5, 5.41) is 3.64. The predicted molar refractivity (Wildman–Crippen MR) is 100 cm³/mol. The number of oxazole rings is 1. The van der Waals surface area contributed by atoms with Crippen molar-refractivity contribution >= 4 is 17.5 Å². The molecule has 0 bridgehead atoms. The van der Waals surface area contributed by atoms with Gasteiger partial charge in [0.1, 0.15) is 0 Å². The average Bonchev–Trinajstić information content (AvgIpc) is 3.01. The van der Waals surface area contributed by atoms with Gasteiger partial charge >= 0.3 is 0 Å². The standard InChI is InChI=1S/C19H26ClN3O2/c1-13(2)10-19(3,12-21)23-17(24)8-9-18-22-11-16(25-18)14-6-4-5-7-15(14)20/h4-7,11,13H,8-10,12,21H2,1-3H3,(H,23,24). The van der Waals surface area contributed by atoms with Crippen molar-refractivity contribution in [3.05, 3.63) is 41.4 Å². The molecule has 0 saturated heterocycles. The van der Waals surface area contributed by atoms with E-state index in [-0.39, 0.29) is 11.4 Å². The Labute approximate surface area is 154 Å². The van der Waals surface area contributed by atoms with E-state index in [1.165, 1.54) is 0 Å². The van der Waals surface area contributed by atoms with Gasteiger partial charge in [0.25, 0.3) is 0 Å². The summed E-state index contributed by atoms with van der Waals surface area (Å²) in [4.78, 5) is 16.5. The maximum absolute atomic E-state index is 12.2. The number of nitrogens with one attached hydrogen (secondary N) is 1. The Balaban J connectivity index is 1.94. The molecule has 2 aromatic rings. The summed E-state index contributed by atoms with van der Waals surface area (Å²) in [6, 6.07) is 7.42. The highest BCUT2D eigenvalue weighted by Crippen LogP contribution is 2.28. The first-order chi connectivity index (χ1) is 11.8. The van der Waals surface area contributed by atoms with Gasteiger partial charge in [0, 0.05) is 30.5 Å². The third kappa shape index (κ3) is 5.58. The van der Waals surface area contributed by atoms with E-state index in [0.717, 1.165) is 12.0 Å². The van der Waals surface area contributed by atoms with Crippen LogP contribution in [0.25, 0.3) is 11.3 Å². The number of nitrogens with two attached hydrogens (primary N) is 1. The summed E-state index contributed by atoms with van der Waals surface area (Å²) in [6.07, 6.45) is 3.21. The molecule has 5 nitrogen and oxygen atoms in total. The van der Waals surface area contributed by atoms with Gasteiger partial charge in [0.05, 0.1) is 11.2 Å². The highest BCUT2D eigenvalue weighted by atomic mass is 35.5. The van der Waals surface area contributed by atoms with Crippen molar-refractivity contribution in [3.63, 3.8) is 0 Å². The molecule has 1 amide bonds. The van der Waals surface area contributed by atoms with Crippen LogP contribution in [0.15, 0.2) is 34.9 Å². The van der Waals surface area contributed by atoms with Gasteiger partial charge in [0.15, 0.2) is 11.7 Å². The van der Waals surface area contributed by atoms with Crippen LogP contribution in [-0.2, 0) is 11.2 Å². The Morgan fingerprint density at radius 3 is 2.76 bits per heavy atom. The fourth-order valence-corrected chi connectivity index (χ4v) is 3.15. The van der Waals surface area contributed by atoms with Crippen LogP contribution >= 0.6 is 11.6 Å². The maximum atomic E-state index is 12.2. The topological polar surface area (TPSA) is 81.1 Å². The molecule has 1 atom stereocenters. The minimum Gasteiger partial charge on any atom is -0.441 e. The third-order valence-electron chi connectivity index (χ3n) is 4.01. The van der Waals surface area contributed by atoms with Gasteiger partial charge in [-0.05, 0) is 31.4 Å².